The first kappa shape index (κ1) is 28.8. The molecule has 0 saturated heterocycles. The fourth-order valence-corrected chi connectivity index (χ4v) is 3.87. The van der Waals surface area contributed by atoms with Gasteiger partial charge in [0.05, 0.1) is 20.1 Å². The molecule has 1 heterocycles. The van der Waals surface area contributed by atoms with Crippen LogP contribution in [0.3, 0.4) is 0 Å². The van der Waals surface area contributed by atoms with E-state index in [9.17, 15) is 14.4 Å². The summed E-state index contributed by atoms with van der Waals surface area (Å²) in [6.45, 7) is 9.69. The molecule has 36 heavy (non-hydrogen) atoms. The Morgan fingerprint density at radius 3 is 2.25 bits per heavy atom. The zero-order valence-electron chi connectivity index (χ0n) is 22.0. The number of nitrogens with one attached hydrogen (secondary N) is 1. The Morgan fingerprint density at radius 1 is 1.00 bits per heavy atom. The summed E-state index contributed by atoms with van der Waals surface area (Å²) in [6, 6.07) is 8.63. The Bertz CT molecular complexity index is 1040. The van der Waals surface area contributed by atoms with Crippen LogP contribution in [0.2, 0.25) is 0 Å². The van der Waals surface area contributed by atoms with Gasteiger partial charge < -0.3 is 24.3 Å². The number of ether oxygens (including phenoxy) is 4. The van der Waals surface area contributed by atoms with E-state index in [1.54, 1.807) is 0 Å². The molecule has 0 aliphatic heterocycles. The van der Waals surface area contributed by atoms with Crippen molar-refractivity contribution in [2.75, 3.05) is 20.8 Å². The number of aryl methyl sites for hydroxylation is 1. The quantitative estimate of drug-likeness (QED) is 0.438. The van der Waals surface area contributed by atoms with E-state index in [-0.39, 0.29) is 42.1 Å². The second kappa shape index (κ2) is 13.6. The number of hydrogen-bond donors (Lipinski definition) is 1. The Balaban J connectivity index is 2.13. The van der Waals surface area contributed by atoms with Crippen LogP contribution in [0.15, 0.2) is 36.5 Å². The van der Waals surface area contributed by atoms with Crippen molar-refractivity contribution in [3.8, 4) is 11.5 Å². The molecule has 0 spiro atoms. The van der Waals surface area contributed by atoms with E-state index >= 15 is 0 Å². The van der Waals surface area contributed by atoms with Crippen molar-refractivity contribution in [2.45, 2.75) is 59.1 Å². The van der Waals surface area contributed by atoms with Crippen LogP contribution in [-0.2, 0) is 19.1 Å². The highest BCUT2D eigenvalue weighted by Crippen LogP contribution is 2.31. The van der Waals surface area contributed by atoms with E-state index in [2.05, 4.69) is 24.1 Å². The van der Waals surface area contributed by atoms with Crippen LogP contribution in [0.1, 0.15) is 61.6 Å². The van der Waals surface area contributed by atoms with Crippen LogP contribution in [0.5, 0.6) is 11.5 Å². The third-order valence-electron chi connectivity index (χ3n) is 5.72. The van der Waals surface area contributed by atoms with Gasteiger partial charge in [-0.3, -0.25) is 9.59 Å². The van der Waals surface area contributed by atoms with Gasteiger partial charge in [-0.1, -0.05) is 43.7 Å². The molecule has 0 aliphatic rings. The molecule has 9 heteroatoms. The summed E-state index contributed by atoms with van der Waals surface area (Å²) in [5, 5.41) is 2.58. The number of esters is 2. The molecule has 2 rings (SSSR count). The first-order valence-electron chi connectivity index (χ1n) is 11.9. The molecule has 0 unspecified atom stereocenters. The normalized spacial score (nSPS) is 13.4. The van der Waals surface area contributed by atoms with Gasteiger partial charge in [-0.05, 0) is 32.3 Å². The predicted octanol–water partition coefficient (Wildman–Crippen LogP) is 3.83. The summed E-state index contributed by atoms with van der Waals surface area (Å²) in [5.74, 6) is -1.69. The molecule has 0 radical (unpaired) electrons. The molecule has 1 aromatic carbocycles. The lowest BCUT2D eigenvalue weighted by Gasteiger charge is -2.29. The zero-order valence-corrected chi connectivity index (χ0v) is 22.0. The summed E-state index contributed by atoms with van der Waals surface area (Å²) in [6.07, 6.45) is 0.903. The van der Waals surface area contributed by atoms with Gasteiger partial charge in [0, 0.05) is 25.3 Å². The minimum Gasteiger partial charge on any atom is -0.493 e. The number of rotatable bonds is 12. The molecule has 0 aliphatic carbocycles. The van der Waals surface area contributed by atoms with E-state index < -0.39 is 30.0 Å². The number of aromatic nitrogens is 1. The van der Waals surface area contributed by atoms with Gasteiger partial charge in [0.2, 0.25) is 5.75 Å². The molecule has 0 bridgehead atoms. The number of amides is 1. The zero-order chi connectivity index (χ0) is 26.8. The number of hydrogen-bond acceptors (Lipinski definition) is 8. The van der Waals surface area contributed by atoms with Crippen molar-refractivity contribution >= 4 is 17.8 Å². The first-order valence-corrected chi connectivity index (χ1v) is 11.9. The van der Waals surface area contributed by atoms with E-state index in [0.717, 1.165) is 11.1 Å². The molecule has 1 amide bonds. The number of carbonyl (C=O) groups excluding carboxylic acids is 3. The molecular weight excluding hydrogens is 464 g/mol. The van der Waals surface area contributed by atoms with Crippen molar-refractivity contribution in [2.24, 2.45) is 5.92 Å². The van der Waals surface area contributed by atoms with Gasteiger partial charge in [-0.15, -0.1) is 0 Å². The van der Waals surface area contributed by atoms with Crippen molar-refractivity contribution in [1.82, 2.24) is 10.3 Å². The molecule has 0 saturated carbocycles. The largest absolute Gasteiger partial charge is 0.493 e. The van der Waals surface area contributed by atoms with Gasteiger partial charge in [0.1, 0.15) is 12.1 Å². The van der Waals surface area contributed by atoms with Crippen molar-refractivity contribution in [3.05, 3.63) is 53.3 Å². The van der Waals surface area contributed by atoms with Crippen molar-refractivity contribution < 1.29 is 33.3 Å². The maximum absolute atomic E-state index is 13.0. The number of carbonyl (C=O) groups is 3. The standard InChI is InChI=1S/C27H36N2O7/c1-16(2)23(20-10-8-17(3)9-11-20)19(5)35-27(32)18(4)29-26(31)24-25(21(34-7)12-14-28-24)36-22(30)13-15-33-6/h8-12,14,16,18-19,23H,13,15H2,1-7H3,(H,29,31)/t18-,19-,23+/m0/s1. The molecular formula is C27H36N2O7. The summed E-state index contributed by atoms with van der Waals surface area (Å²) in [5.41, 5.74) is 2.04. The SMILES string of the molecule is COCCC(=O)Oc1c(OC)ccnc1C(=O)N[C@@H](C)C(=O)O[C@@H](C)[C@H](c1ccc(C)cc1)C(C)C. The smallest absolute Gasteiger partial charge is 0.328 e. The highest BCUT2D eigenvalue weighted by molar-refractivity contribution is 5.98. The molecule has 1 aromatic heterocycles. The number of nitrogens with zero attached hydrogens (tertiary/aromatic N) is 1. The van der Waals surface area contributed by atoms with Gasteiger partial charge in [0.25, 0.3) is 5.91 Å². The Hall–Kier alpha value is -3.46. The number of benzene rings is 1. The summed E-state index contributed by atoms with van der Waals surface area (Å²) in [7, 11) is 2.84. The lowest BCUT2D eigenvalue weighted by molar-refractivity contribution is -0.151. The third-order valence-corrected chi connectivity index (χ3v) is 5.72. The maximum atomic E-state index is 13.0. The lowest BCUT2D eigenvalue weighted by Crippen LogP contribution is -2.42. The number of pyridine rings is 1. The van der Waals surface area contributed by atoms with Crippen LogP contribution >= 0.6 is 0 Å². The van der Waals surface area contributed by atoms with Crippen LogP contribution in [0.4, 0.5) is 0 Å². The minimum absolute atomic E-state index is 0.0179. The van der Waals surface area contributed by atoms with Crippen LogP contribution in [-0.4, -0.2) is 55.8 Å². The third kappa shape index (κ3) is 7.78. The maximum Gasteiger partial charge on any atom is 0.328 e. The minimum atomic E-state index is -0.976. The topological polar surface area (TPSA) is 113 Å². The average Bonchev–Trinajstić information content (AvgIpc) is 2.83. The predicted molar refractivity (Wildman–Crippen MR) is 134 cm³/mol. The second-order valence-electron chi connectivity index (χ2n) is 8.93. The van der Waals surface area contributed by atoms with Crippen molar-refractivity contribution in [1.29, 1.82) is 0 Å². The molecule has 1 N–H and O–H groups in total. The first-order chi connectivity index (χ1) is 17.1. The molecule has 9 nitrogen and oxygen atoms in total. The van der Waals surface area contributed by atoms with E-state index in [0.29, 0.717) is 0 Å². The Morgan fingerprint density at radius 2 is 1.67 bits per heavy atom. The van der Waals surface area contributed by atoms with E-state index in [4.69, 9.17) is 18.9 Å². The fourth-order valence-electron chi connectivity index (χ4n) is 3.87. The highest BCUT2D eigenvalue weighted by atomic mass is 16.6. The highest BCUT2D eigenvalue weighted by Gasteiger charge is 2.29. The van der Waals surface area contributed by atoms with Crippen LogP contribution < -0.4 is 14.8 Å². The Kier molecular flexibility index (Phi) is 10.9. The lowest BCUT2D eigenvalue weighted by atomic mass is 9.84. The van der Waals surface area contributed by atoms with E-state index in [1.165, 1.54) is 33.4 Å². The second-order valence-corrected chi connectivity index (χ2v) is 8.93. The van der Waals surface area contributed by atoms with Gasteiger partial charge in [0.15, 0.2) is 11.4 Å². The van der Waals surface area contributed by atoms with Crippen molar-refractivity contribution in [3.63, 3.8) is 0 Å². The monoisotopic (exact) mass is 500 g/mol. The summed E-state index contributed by atoms with van der Waals surface area (Å²) < 4.78 is 21.2. The van der Waals surface area contributed by atoms with E-state index in [1.807, 2.05) is 38.1 Å². The fraction of sp³-hybridized carbons (Fsp3) is 0.481. The van der Waals surface area contributed by atoms with Crippen LogP contribution in [0.25, 0.3) is 0 Å². The van der Waals surface area contributed by atoms with Gasteiger partial charge in [-0.25, -0.2) is 9.78 Å². The molecule has 2 aromatic rings. The summed E-state index contributed by atoms with van der Waals surface area (Å²) in [4.78, 5) is 42.0. The van der Waals surface area contributed by atoms with Crippen LogP contribution in [0, 0.1) is 12.8 Å². The molecule has 196 valence electrons. The summed E-state index contributed by atoms with van der Waals surface area (Å²) >= 11 is 0. The molecule has 3 atom stereocenters. The van der Waals surface area contributed by atoms with Gasteiger partial charge >= 0.3 is 11.9 Å². The average molecular weight is 501 g/mol. The Labute approximate surface area is 212 Å². The number of methoxy groups -OCH3 is 2. The molecule has 0 fully saturated rings. The van der Waals surface area contributed by atoms with Gasteiger partial charge in [-0.2, -0.15) is 0 Å².